The number of rotatable bonds is 12. The quantitative estimate of drug-likeness (QED) is 0.239. The number of unbranched alkanes of at least 4 members (excludes halogenated alkanes) is 1. The second-order valence-corrected chi connectivity index (χ2v) is 10.9. The topological polar surface area (TPSA) is 167 Å². The Morgan fingerprint density at radius 1 is 0.943 bits per heavy atom. The average Bonchev–Trinajstić information content (AvgIpc) is 2.77. The molecular weight excluding hydrogens is 498 g/mol. The lowest BCUT2D eigenvalue weighted by atomic mass is 9.98. The highest BCUT2D eigenvalue weighted by Crippen LogP contribution is 2.34. The SMILES string of the molecule is CCCCC(=O)NCCOc1c(CC)cc(S(=O)(=O)O)cc1Cc1cc(S(=O)(=O)O)cc(C)c1O. The average molecular weight is 530 g/mol. The molecule has 0 radical (unpaired) electrons. The molecule has 10 nitrogen and oxygen atoms in total. The maximum Gasteiger partial charge on any atom is 0.294 e. The third-order valence-corrected chi connectivity index (χ3v) is 7.02. The Morgan fingerprint density at radius 2 is 1.51 bits per heavy atom. The van der Waals surface area contributed by atoms with Crippen LogP contribution >= 0.6 is 0 Å². The molecule has 0 atom stereocenters. The van der Waals surface area contributed by atoms with Crippen LogP contribution in [0.5, 0.6) is 11.5 Å². The Hall–Kier alpha value is -2.67. The van der Waals surface area contributed by atoms with Crippen LogP contribution in [0, 0.1) is 6.92 Å². The number of hydrogen-bond donors (Lipinski definition) is 4. The van der Waals surface area contributed by atoms with E-state index in [1.807, 2.05) is 6.92 Å². The first kappa shape index (κ1) is 28.6. The summed E-state index contributed by atoms with van der Waals surface area (Å²) in [4.78, 5) is 11.0. The van der Waals surface area contributed by atoms with Crippen LogP contribution in [0.25, 0.3) is 0 Å². The smallest absolute Gasteiger partial charge is 0.294 e. The third-order valence-electron chi connectivity index (χ3n) is 5.35. The minimum atomic E-state index is -4.57. The van der Waals surface area contributed by atoms with Crippen LogP contribution < -0.4 is 10.1 Å². The maximum atomic E-state index is 11.9. The molecule has 0 aliphatic carbocycles. The molecule has 0 saturated carbocycles. The van der Waals surface area contributed by atoms with Crippen molar-refractivity contribution in [3.8, 4) is 11.5 Å². The number of aryl methyl sites for hydroxylation is 2. The van der Waals surface area contributed by atoms with E-state index in [1.165, 1.54) is 19.1 Å². The first-order valence-electron chi connectivity index (χ1n) is 11.1. The fourth-order valence-electron chi connectivity index (χ4n) is 3.53. The molecule has 35 heavy (non-hydrogen) atoms. The first-order valence-corrected chi connectivity index (χ1v) is 14.0. The van der Waals surface area contributed by atoms with Crippen LogP contribution in [-0.4, -0.2) is 50.1 Å². The zero-order chi connectivity index (χ0) is 26.4. The Bertz CT molecular complexity index is 1290. The van der Waals surface area contributed by atoms with Crippen LogP contribution in [0.15, 0.2) is 34.1 Å². The number of amides is 1. The summed E-state index contributed by atoms with van der Waals surface area (Å²) in [7, 11) is -9.14. The first-order chi connectivity index (χ1) is 16.3. The van der Waals surface area contributed by atoms with Crippen molar-refractivity contribution in [3.05, 3.63) is 46.5 Å². The van der Waals surface area contributed by atoms with Crippen molar-refractivity contribution in [3.63, 3.8) is 0 Å². The number of benzene rings is 2. The van der Waals surface area contributed by atoms with Gasteiger partial charge < -0.3 is 15.2 Å². The number of carbonyl (C=O) groups excluding carboxylic acids is 1. The third kappa shape index (κ3) is 7.92. The molecule has 12 heteroatoms. The Morgan fingerprint density at radius 3 is 2.09 bits per heavy atom. The molecule has 0 fully saturated rings. The Kier molecular flexibility index (Phi) is 9.67. The van der Waals surface area contributed by atoms with Crippen molar-refractivity contribution in [2.24, 2.45) is 0 Å². The maximum absolute atomic E-state index is 11.9. The highest BCUT2D eigenvalue weighted by Gasteiger charge is 2.21. The fraction of sp³-hybridized carbons (Fsp3) is 0.435. The summed E-state index contributed by atoms with van der Waals surface area (Å²) in [6, 6.07) is 4.65. The van der Waals surface area contributed by atoms with Crippen LogP contribution in [0.4, 0.5) is 0 Å². The number of aromatic hydroxyl groups is 1. The Labute approximate surface area is 205 Å². The molecule has 194 valence electrons. The van der Waals surface area contributed by atoms with Gasteiger partial charge in [0.15, 0.2) is 0 Å². The number of phenolic OH excluding ortho intramolecular Hbond substituents is 1. The van der Waals surface area contributed by atoms with Crippen molar-refractivity contribution in [2.75, 3.05) is 13.2 Å². The van der Waals surface area contributed by atoms with Gasteiger partial charge in [0.05, 0.1) is 16.3 Å². The molecule has 0 saturated heterocycles. The molecule has 0 spiro atoms. The van der Waals surface area contributed by atoms with Gasteiger partial charge in [0.25, 0.3) is 20.2 Å². The van der Waals surface area contributed by atoms with E-state index in [2.05, 4.69) is 5.32 Å². The van der Waals surface area contributed by atoms with E-state index in [4.69, 9.17) is 4.74 Å². The largest absolute Gasteiger partial charge is 0.507 e. The van der Waals surface area contributed by atoms with Crippen molar-refractivity contribution in [1.29, 1.82) is 0 Å². The number of carbonyl (C=O) groups is 1. The molecule has 0 bridgehead atoms. The van der Waals surface area contributed by atoms with Crippen LogP contribution in [0.2, 0.25) is 0 Å². The minimum Gasteiger partial charge on any atom is -0.507 e. The number of phenols is 1. The summed E-state index contributed by atoms with van der Waals surface area (Å²) in [6.07, 6.45) is 2.22. The molecule has 2 rings (SSSR count). The van der Waals surface area contributed by atoms with E-state index in [-0.39, 0.29) is 58.6 Å². The fourth-order valence-corrected chi connectivity index (χ4v) is 4.72. The van der Waals surface area contributed by atoms with Crippen LogP contribution in [0.1, 0.15) is 55.4 Å². The summed E-state index contributed by atoms with van der Waals surface area (Å²) in [6.45, 7) is 5.46. The monoisotopic (exact) mass is 529 g/mol. The van der Waals surface area contributed by atoms with Gasteiger partial charge in [-0.2, -0.15) is 16.8 Å². The number of nitrogens with one attached hydrogen (secondary N) is 1. The second kappa shape index (κ2) is 11.8. The lowest BCUT2D eigenvalue weighted by Crippen LogP contribution is -2.28. The number of hydrogen-bond acceptors (Lipinski definition) is 7. The molecule has 2 aromatic rings. The molecule has 0 aliphatic rings. The van der Waals surface area contributed by atoms with Gasteiger partial charge in [-0.25, -0.2) is 0 Å². The van der Waals surface area contributed by atoms with E-state index in [1.54, 1.807) is 6.92 Å². The molecule has 0 unspecified atom stereocenters. The molecule has 0 aliphatic heterocycles. The number of ether oxygens (including phenoxy) is 1. The van der Waals surface area contributed by atoms with Gasteiger partial charge in [0, 0.05) is 24.0 Å². The molecule has 2 aromatic carbocycles. The van der Waals surface area contributed by atoms with Crippen LogP contribution in [-0.2, 0) is 37.9 Å². The summed E-state index contributed by atoms with van der Waals surface area (Å²) >= 11 is 0. The molecular formula is C23H31NO9S2. The highest BCUT2D eigenvalue weighted by atomic mass is 32.2. The van der Waals surface area contributed by atoms with Gasteiger partial charge in [0.2, 0.25) is 5.91 Å². The van der Waals surface area contributed by atoms with E-state index in [0.717, 1.165) is 25.0 Å². The van der Waals surface area contributed by atoms with E-state index >= 15 is 0 Å². The molecule has 1 amide bonds. The molecule has 0 heterocycles. The molecule has 4 N–H and O–H groups in total. The highest BCUT2D eigenvalue weighted by molar-refractivity contribution is 7.86. The van der Waals surface area contributed by atoms with E-state index in [9.17, 15) is 35.8 Å². The van der Waals surface area contributed by atoms with Crippen molar-refractivity contribution >= 4 is 26.1 Å². The summed E-state index contributed by atoms with van der Waals surface area (Å²) in [5, 5.41) is 13.2. The van der Waals surface area contributed by atoms with Crippen molar-refractivity contribution in [1.82, 2.24) is 5.32 Å². The second-order valence-electron chi connectivity index (χ2n) is 8.10. The summed E-state index contributed by atoms with van der Waals surface area (Å²) in [5.41, 5.74) is 1.00. The van der Waals surface area contributed by atoms with Gasteiger partial charge >= 0.3 is 0 Å². The standard InChI is InChI=1S/C23H31NO9S2/c1-4-6-7-21(25)24-8-9-33-23-16(5-2)12-20(35(30,31)32)14-18(23)11-17-13-19(34(27,28)29)10-15(3)22(17)26/h10,12-14,26H,4-9,11H2,1-3H3,(H,24,25)(H,27,28,29)(H,30,31,32). The summed E-state index contributed by atoms with van der Waals surface area (Å²) in [5.74, 6) is -0.0607. The van der Waals surface area contributed by atoms with Gasteiger partial charge in [-0.3, -0.25) is 13.9 Å². The van der Waals surface area contributed by atoms with Gasteiger partial charge in [-0.05, 0) is 55.2 Å². The van der Waals surface area contributed by atoms with Crippen molar-refractivity contribution < 1.29 is 40.6 Å². The summed E-state index contributed by atoms with van der Waals surface area (Å²) < 4.78 is 71.9. The van der Waals surface area contributed by atoms with Gasteiger partial charge in [-0.1, -0.05) is 20.3 Å². The van der Waals surface area contributed by atoms with E-state index in [0.29, 0.717) is 18.4 Å². The minimum absolute atomic E-state index is 0.0686. The lowest BCUT2D eigenvalue weighted by Gasteiger charge is -2.18. The molecule has 0 aromatic heterocycles. The lowest BCUT2D eigenvalue weighted by molar-refractivity contribution is -0.121. The Balaban J connectivity index is 2.47. The normalized spacial score (nSPS) is 11.9. The zero-order valence-corrected chi connectivity index (χ0v) is 21.5. The predicted molar refractivity (Wildman–Crippen MR) is 129 cm³/mol. The van der Waals surface area contributed by atoms with Crippen molar-refractivity contribution in [2.45, 2.75) is 62.7 Å². The van der Waals surface area contributed by atoms with Gasteiger partial charge in [-0.15, -0.1) is 0 Å². The van der Waals surface area contributed by atoms with Crippen LogP contribution in [0.3, 0.4) is 0 Å². The predicted octanol–water partition coefficient (Wildman–Crippen LogP) is 3.03. The van der Waals surface area contributed by atoms with E-state index < -0.39 is 25.1 Å². The van der Waals surface area contributed by atoms with Gasteiger partial charge in [0.1, 0.15) is 18.1 Å². The zero-order valence-electron chi connectivity index (χ0n) is 19.9.